The summed E-state index contributed by atoms with van der Waals surface area (Å²) in [5.41, 5.74) is 4.94. The van der Waals surface area contributed by atoms with Gasteiger partial charge in [0, 0.05) is 22.2 Å². The zero-order chi connectivity index (χ0) is 21.3. The molecule has 0 amide bonds. The van der Waals surface area contributed by atoms with Gasteiger partial charge in [0.25, 0.3) is 5.56 Å². The van der Waals surface area contributed by atoms with E-state index < -0.39 is 0 Å². The van der Waals surface area contributed by atoms with Crippen molar-refractivity contribution in [2.45, 2.75) is 31.6 Å². The van der Waals surface area contributed by atoms with Crippen molar-refractivity contribution in [2.75, 3.05) is 5.32 Å². The lowest BCUT2D eigenvalue weighted by Crippen LogP contribution is -2.11. The predicted molar refractivity (Wildman–Crippen MR) is 123 cm³/mol. The molecule has 2 aromatic carbocycles. The first-order chi connectivity index (χ1) is 14.4. The third kappa shape index (κ3) is 4.63. The van der Waals surface area contributed by atoms with Crippen molar-refractivity contribution in [3.63, 3.8) is 0 Å². The van der Waals surface area contributed by atoms with Gasteiger partial charge in [-0.1, -0.05) is 23.7 Å². The van der Waals surface area contributed by atoms with E-state index in [9.17, 15) is 4.79 Å². The standard InChI is InChI=1S/C22H20ClN5OS/c1-12-8-17-14(3)24-21(25-18(17)9-13(12)2)28-22-26-19(29)10-20(27-22)30-11-15-4-6-16(23)7-5-15/h4-10H,11H2,1-3H3,(H2,24,25,26,27,28,29). The summed E-state index contributed by atoms with van der Waals surface area (Å²) < 4.78 is 0. The average Bonchev–Trinajstić information content (AvgIpc) is 2.69. The van der Waals surface area contributed by atoms with Gasteiger partial charge in [0.1, 0.15) is 5.03 Å². The topological polar surface area (TPSA) is 83.6 Å². The summed E-state index contributed by atoms with van der Waals surface area (Å²) in [7, 11) is 0. The quantitative estimate of drug-likeness (QED) is 0.324. The van der Waals surface area contributed by atoms with Crippen LogP contribution in [0.2, 0.25) is 5.02 Å². The molecule has 4 rings (SSSR count). The normalized spacial score (nSPS) is 11.1. The molecule has 4 aromatic rings. The summed E-state index contributed by atoms with van der Waals surface area (Å²) in [6.07, 6.45) is 0. The second-order valence-corrected chi connectivity index (χ2v) is 8.49. The second kappa shape index (κ2) is 8.45. The summed E-state index contributed by atoms with van der Waals surface area (Å²) in [6, 6.07) is 13.2. The van der Waals surface area contributed by atoms with Gasteiger partial charge in [0.2, 0.25) is 11.9 Å². The van der Waals surface area contributed by atoms with Crippen LogP contribution in [-0.4, -0.2) is 19.9 Å². The van der Waals surface area contributed by atoms with Gasteiger partial charge in [-0.3, -0.25) is 15.1 Å². The molecule has 2 aromatic heterocycles. The molecule has 0 fully saturated rings. The molecule has 0 aliphatic heterocycles. The van der Waals surface area contributed by atoms with Crippen LogP contribution >= 0.6 is 23.4 Å². The van der Waals surface area contributed by atoms with Crippen molar-refractivity contribution in [3.8, 4) is 0 Å². The van der Waals surface area contributed by atoms with Gasteiger partial charge in [-0.15, -0.1) is 11.8 Å². The average molecular weight is 438 g/mol. The molecular weight excluding hydrogens is 418 g/mol. The Labute approximate surface area is 183 Å². The smallest absolute Gasteiger partial charge is 0.253 e. The molecule has 0 aliphatic carbocycles. The molecule has 0 bridgehead atoms. The second-order valence-electron chi connectivity index (χ2n) is 7.06. The van der Waals surface area contributed by atoms with Crippen molar-refractivity contribution in [1.82, 2.24) is 19.9 Å². The maximum absolute atomic E-state index is 12.1. The Hall–Kier alpha value is -2.90. The van der Waals surface area contributed by atoms with Gasteiger partial charge >= 0.3 is 0 Å². The van der Waals surface area contributed by atoms with Crippen LogP contribution in [0, 0.1) is 20.8 Å². The van der Waals surface area contributed by atoms with E-state index in [1.807, 2.05) is 37.3 Å². The van der Waals surface area contributed by atoms with Crippen LogP contribution in [0.25, 0.3) is 10.9 Å². The number of aromatic amines is 1. The number of hydrogen-bond donors (Lipinski definition) is 2. The minimum absolute atomic E-state index is 0.241. The molecule has 0 unspecified atom stereocenters. The fourth-order valence-electron chi connectivity index (χ4n) is 3.01. The van der Waals surface area contributed by atoms with Gasteiger partial charge in [-0.2, -0.15) is 0 Å². The lowest BCUT2D eigenvalue weighted by atomic mass is 10.1. The summed E-state index contributed by atoms with van der Waals surface area (Å²) in [4.78, 5) is 28.4. The highest BCUT2D eigenvalue weighted by Crippen LogP contribution is 2.24. The van der Waals surface area contributed by atoms with Gasteiger partial charge < -0.3 is 0 Å². The number of H-pyrrole nitrogens is 1. The van der Waals surface area contributed by atoms with Crippen LogP contribution in [0.1, 0.15) is 22.4 Å². The number of aromatic nitrogens is 4. The van der Waals surface area contributed by atoms with Gasteiger partial charge in [-0.05, 0) is 61.7 Å². The Bertz CT molecular complexity index is 1290. The van der Waals surface area contributed by atoms with Crippen LogP contribution in [0.15, 0.2) is 52.3 Å². The van der Waals surface area contributed by atoms with Crippen LogP contribution in [0.3, 0.4) is 0 Å². The Morgan fingerprint density at radius 3 is 2.50 bits per heavy atom. The lowest BCUT2D eigenvalue weighted by Gasteiger charge is -2.10. The maximum Gasteiger partial charge on any atom is 0.253 e. The van der Waals surface area contributed by atoms with E-state index in [1.165, 1.54) is 29.0 Å². The number of aryl methyl sites for hydroxylation is 3. The number of anilines is 2. The number of rotatable bonds is 5. The van der Waals surface area contributed by atoms with Gasteiger partial charge in [-0.25, -0.2) is 15.0 Å². The summed E-state index contributed by atoms with van der Waals surface area (Å²) in [5.74, 6) is 1.38. The monoisotopic (exact) mass is 437 g/mol. The van der Waals surface area contributed by atoms with E-state index in [0.717, 1.165) is 22.2 Å². The highest BCUT2D eigenvalue weighted by molar-refractivity contribution is 7.98. The highest BCUT2D eigenvalue weighted by atomic mass is 35.5. The summed E-state index contributed by atoms with van der Waals surface area (Å²) >= 11 is 7.40. The van der Waals surface area contributed by atoms with E-state index in [1.54, 1.807) is 0 Å². The molecule has 6 nitrogen and oxygen atoms in total. The Morgan fingerprint density at radius 1 is 1.00 bits per heavy atom. The zero-order valence-corrected chi connectivity index (χ0v) is 18.4. The van der Waals surface area contributed by atoms with Crippen LogP contribution < -0.4 is 10.9 Å². The molecule has 30 heavy (non-hydrogen) atoms. The molecule has 2 N–H and O–H groups in total. The predicted octanol–water partition coefficient (Wildman–Crippen LogP) is 5.33. The van der Waals surface area contributed by atoms with E-state index >= 15 is 0 Å². The number of fused-ring (bicyclic) bond motifs is 1. The van der Waals surface area contributed by atoms with Crippen molar-refractivity contribution in [3.05, 3.63) is 80.2 Å². The summed E-state index contributed by atoms with van der Waals surface area (Å²) in [5, 5.41) is 5.36. The van der Waals surface area contributed by atoms with Crippen molar-refractivity contribution < 1.29 is 0 Å². The van der Waals surface area contributed by atoms with E-state index in [2.05, 4.69) is 45.2 Å². The largest absolute Gasteiger partial charge is 0.294 e. The molecule has 0 atom stereocenters. The van der Waals surface area contributed by atoms with Gasteiger partial charge in [0.05, 0.1) is 11.2 Å². The minimum atomic E-state index is -0.241. The maximum atomic E-state index is 12.1. The molecule has 0 spiro atoms. The Morgan fingerprint density at radius 2 is 1.73 bits per heavy atom. The lowest BCUT2D eigenvalue weighted by molar-refractivity contribution is 1.01. The van der Waals surface area contributed by atoms with Crippen molar-refractivity contribution in [2.24, 2.45) is 0 Å². The Balaban J connectivity index is 1.58. The van der Waals surface area contributed by atoms with E-state index in [0.29, 0.717) is 27.7 Å². The third-order valence-electron chi connectivity index (χ3n) is 4.75. The molecule has 0 radical (unpaired) electrons. The molecule has 0 saturated heterocycles. The number of thioether (sulfide) groups is 1. The molecule has 0 aliphatic rings. The number of halogens is 1. The molecular formula is C22H20ClN5OS. The molecule has 8 heteroatoms. The molecule has 0 saturated carbocycles. The first-order valence-corrected chi connectivity index (χ1v) is 10.7. The molecule has 2 heterocycles. The van der Waals surface area contributed by atoms with E-state index in [4.69, 9.17) is 11.6 Å². The summed E-state index contributed by atoms with van der Waals surface area (Å²) in [6.45, 7) is 6.07. The Kier molecular flexibility index (Phi) is 5.74. The highest BCUT2D eigenvalue weighted by Gasteiger charge is 2.09. The molecule has 152 valence electrons. The SMILES string of the molecule is Cc1cc2nc(Nc3nc(SCc4ccc(Cl)cc4)cc(=O)[nH]3)nc(C)c2cc1C. The number of nitrogens with zero attached hydrogens (tertiary/aromatic N) is 3. The van der Waals surface area contributed by atoms with Crippen LogP contribution in [-0.2, 0) is 5.75 Å². The van der Waals surface area contributed by atoms with E-state index in [-0.39, 0.29) is 5.56 Å². The van der Waals surface area contributed by atoms with Crippen molar-refractivity contribution >= 4 is 46.2 Å². The van der Waals surface area contributed by atoms with Gasteiger partial charge in [0.15, 0.2) is 0 Å². The number of benzene rings is 2. The number of hydrogen-bond acceptors (Lipinski definition) is 6. The fraction of sp³-hybridized carbons (Fsp3) is 0.182. The number of nitrogens with one attached hydrogen (secondary N) is 2. The first-order valence-electron chi connectivity index (χ1n) is 9.38. The van der Waals surface area contributed by atoms with Crippen LogP contribution in [0.5, 0.6) is 0 Å². The van der Waals surface area contributed by atoms with Crippen molar-refractivity contribution in [1.29, 1.82) is 0 Å². The third-order valence-corrected chi connectivity index (χ3v) is 5.98. The minimum Gasteiger partial charge on any atom is -0.294 e. The first kappa shape index (κ1) is 20.4. The fourth-order valence-corrected chi connectivity index (χ4v) is 3.99. The zero-order valence-electron chi connectivity index (χ0n) is 16.8. The van der Waals surface area contributed by atoms with Crippen LogP contribution in [0.4, 0.5) is 11.9 Å².